The van der Waals surface area contributed by atoms with Gasteiger partial charge in [-0.15, -0.1) is 0 Å². The SMILES string of the molecule is O=C(NCCN1CCCCCC1)C1CCN(c2nc3ccccc3[nH]2)CC1. The zero-order valence-corrected chi connectivity index (χ0v) is 16.1. The van der Waals surface area contributed by atoms with Crippen molar-refractivity contribution in [2.45, 2.75) is 38.5 Å². The molecule has 0 atom stereocenters. The van der Waals surface area contributed by atoms with E-state index in [0.29, 0.717) is 0 Å². The van der Waals surface area contributed by atoms with Gasteiger partial charge >= 0.3 is 0 Å². The van der Waals surface area contributed by atoms with E-state index in [1.807, 2.05) is 18.2 Å². The number of nitrogens with one attached hydrogen (secondary N) is 2. The fraction of sp³-hybridized carbons (Fsp3) is 0.619. The van der Waals surface area contributed by atoms with Gasteiger partial charge in [0, 0.05) is 32.1 Å². The van der Waals surface area contributed by atoms with Gasteiger partial charge in [-0.1, -0.05) is 25.0 Å². The molecule has 2 aromatic rings. The van der Waals surface area contributed by atoms with E-state index >= 15 is 0 Å². The zero-order chi connectivity index (χ0) is 18.5. The van der Waals surface area contributed by atoms with Crippen LogP contribution in [0.5, 0.6) is 0 Å². The number of piperidine rings is 1. The van der Waals surface area contributed by atoms with Crippen molar-refractivity contribution >= 4 is 22.9 Å². The maximum atomic E-state index is 12.5. The molecule has 0 unspecified atom stereocenters. The lowest BCUT2D eigenvalue weighted by Gasteiger charge is -2.31. The number of nitrogens with zero attached hydrogens (tertiary/aromatic N) is 3. The Morgan fingerprint density at radius 1 is 1.07 bits per heavy atom. The van der Waals surface area contributed by atoms with E-state index < -0.39 is 0 Å². The number of para-hydroxylation sites is 2. The molecule has 0 saturated carbocycles. The summed E-state index contributed by atoms with van der Waals surface area (Å²) in [7, 11) is 0. The number of anilines is 1. The number of likely N-dealkylation sites (tertiary alicyclic amines) is 1. The number of aromatic amines is 1. The highest BCUT2D eigenvalue weighted by atomic mass is 16.1. The van der Waals surface area contributed by atoms with Crippen molar-refractivity contribution in [1.82, 2.24) is 20.2 Å². The maximum Gasteiger partial charge on any atom is 0.223 e. The van der Waals surface area contributed by atoms with Crippen molar-refractivity contribution < 1.29 is 4.79 Å². The number of imidazole rings is 1. The van der Waals surface area contributed by atoms with Gasteiger partial charge in [0.15, 0.2) is 0 Å². The van der Waals surface area contributed by atoms with Crippen LogP contribution in [0.2, 0.25) is 0 Å². The average Bonchev–Trinajstić information content (AvgIpc) is 2.97. The van der Waals surface area contributed by atoms with Crippen LogP contribution in [0, 0.1) is 5.92 Å². The lowest BCUT2D eigenvalue weighted by molar-refractivity contribution is -0.125. The molecule has 2 aliphatic rings. The summed E-state index contributed by atoms with van der Waals surface area (Å²) in [5, 5.41) is 3.17. The molecule has 0 aliphatic carbocycles. The number of carbonyl (C=O) groups is 1. The first kappa shape index (κ1) is 18.3. The van der Waals surface area contributed by atoms with Crippen molar-refractivity contribution in [1.29, 1.82) is 0 Å². The monoisotopic (exact) mass is 369 g/mol. The lowest BCUT2D eigenvalue weighted by Crippen LogP contribution is -2.43. The van der Waals surface area contributed by atoms with Gasteiger partial charge in [-0.2, -0.15) is 0 Å². The molecule has 1 amide bonds. The van der Waals surface area contributed by atoms with Crippen LogP contribution in [0.1, 0.15) is 38.5 Å². The standard InChI is InChI=1S/C21H31N5O/c27-20(22-11-16-25-12-5-1-2-6-13-25)17-9-14-26(15-10-17)21-23-18-7-3-4-8-19(18)24-21/h3-4,7-8,17H,1-2,5-6,9-16H2,(H,22,27)(H,23,24). The second-order valence-corrected chi connectivity index (χ2v) is 7.89. The van der Waals surface area contributed by atoms with Gasteiger partial charge in [0.05, 0.1) is 11.0 Å². The van der Waals surface area contributed by atoms with Gasteiger partial charge in [0.25, 0.3) is 0 Å². The molecule has 27 heavy (non-hydrogen) atoms. The van der Waals surface area contributed by atoms with Crippen LogP contribution in [0.3, 0.4) is 0 Å². The number of hydrogen-bond acceptors (Lipinski definition) is 4. The summed E-state index contributed by atoms with van der Waals surface area (Å²) in [6.45, 7) is 5.90. The molecule has 2 N–H and O–H groups in total. The van der Waals surface area contributed by atoms with E-state index in [0.717, 1.165) is 56.0 Å². The number of rotatable bonds is 5. The molecule has 1 aromatic heterocycles. The van der Waals surface area contributed by atoms with Crippen molar-refractivity contribution in [3.05, 3.63) is 24.3 Å². The van der Waals surface area contributed by atoms with E-state index in [2.05, 4.69) is 31.2 Å². The zero-order valence-electron chi connectivity index (χ0n) is 16.1. The normalized spacial score (nSPS) is 19.9. The van der Waals surface area contributed by atoms with Crippen LogP contribution in [0.25, 0.3) is 11.0 Å². The molecular weight excluding hydrogens is 338 g/mol. The van der Waals surface area contributed by atoms with Crippen LogP contribution in [0.15, 0.2) is 24.3 Å². The first-order valence-corrected chi connectivity index (χ1v) is 10.5. The number of amides is 1. The highest BCUT2D eigenvalue weighted by Gasteiger charge is 2.26. The Hall–Kier alpha value is -2.08. The molecule has 0 spiro atoms. The quantitative estimate of drug-likeness (QED) is 0.851. The Bertz CT molecular complexity index is 709. The fourth-order valence-corrected chi connectivity index (χ4v) is 4.28. The molecule has 6 nitrogen and oxygen atoms in total. The number of carbonyl (C=O) groups excluding carboxylic acids is 1. The predicted octanol–water partition coefficient (Wildman–Crippen LogP) is 2.77. The van der Waals surface area contributed by atoms with E-state index in [4.69, 9.17) is 0 Å². The topological polar surface area (TPSA) is 64.3 Å². The highest BCUT2D eigenvalue weighted by molar-refractivity contribution is 5.79. The maximum absolute atomic E-state index is 12.5. The van der Waals surface area contributed by atoms with Gasteiger partial charge in [0.1, 0.15) is 0 Å². The third-order valence-electron chi connectivity index (χ3n) is 5.97. The van der Waals surface area contributed by atoms with Crippen LogP contribution in [-0.4, -0.2) is 60.0 Å². The van der Waals surface area contributed by atoms with Crippen LogP contribution < -0.4 is 10.2 Å². The summed E-state index contributed by atoms with van der Waals surface area (Å²) in [6.07, 6.45) is 7.10. The number of fused-ring (bicyclic) bond motifs is 1. The fourth-order valence-electron chi connectivity index (χ4n) is 4.28. The minimum Gasteiger partial charge on any atom is -0.355 e. The van der Waals surface area contributed by atoms with Gasteiger partial charge in [-0.25, -0.2) is 4.98 Å². The van der Waals surface area contributed by atoms with Crippen LogP contribution >= 0.6 is 0 Å². The lowest BCUT2D eigenvalue weighted by atomic mass is 9.96. The molecule has 0 bridgehead atoms. The number of benzene rings is 1. The average molecular weight is 370 g/mol. The van der Waals surface area contributed by atoms with Gasteiger partial charge in [0.2, 0.25) is 11.9 Å². The Kier molecular flexibility index (Phi) is 5.92. The molecule has 2 fully saturated rings. The van der Waals surface area contributed by atoms with Crippen molar-refractivity contribution in [2.24, 2.45) is 5.92 Å². The molecule has 146 valence electrons. The van der Waals surface area contributed by atoms with Gasteiger partial charge < -0.3 is 20.1 Å². The van der Waals surface area contributed by atoms with Gasteiger partial charge in [-0.3, -0.25) is 4.79 Å². The summed E-state index contributed by atoms with van der Waals surface area (Å²) in [5.74, 6) is 1.29. The molecule has 2 aliphatic heterocycles. The summed E-state index contributed by atoms with van der Waals surface area (Å²) in [5.41, 5.74) is 2.07. The van der Waals surface area contributed by atoms with E-state index in [9.17, 15) is 4.79 Å². The molecule has 2 saturated heterocycles. The first-order valence-electron chi connectivity index (χ1n) is 10.5. The molecular formula is C21H31N5O. The summed E-state index contributed by atoms with van der Waals surface area (Å²) in [6, 6.07) is 8.11. The van der Waals surface area contributed by atoms with Crippen LogP contribution in [-0.2, 0) is 4.79 Å². The summed E-state index contributed by atoms with van der Waals surface area (Å²) < 4.78 is 0. The molecule has 0 radical (unpaired) electrons. The molecule has 3 heterocycles. The second-order valence-electron chi connectivity index (χ2n) is 7.89. The third-order valence-corrected chi connectivity index (χ3v) is 5.97. The minimum absolute atomic E-state index is 0.134. The number of aromatic nitrogens is 2. The Morgan fingerprint density at radius 3 is 2.56 bits per heavy atom. The second kappa shape index (κ2) is 8.74. The number of hydrogen-bond donors (Lipinski definition) is 2. The van der Waals surface area contributed by atoms with E-state index in [1.165, 1.54) is 38.8 Å². The number of H-pyrrole nitrogens is 1. The van der Waals surface area contributed by atoms with Crippen molar-refractivity contribution in [3.63, 3.8) is 0 Å². The third kappa shape index (κ3) is 4.61. The summed E-state index contributed by atoms with van der Waals surface area (Å²) >= 11 is 0. The molecule has 6 heteroatoms. The largest absolute Gasteiger partial charge is 0.355 e. The minimum atomic E-state index is 0.134. The molecule has 1 aromatic carbocycles. The summed E-state index contributed by atoms with van der Waals surface area (Å²) in [4.78, 5) is 25.4. The van der Waals surface area contributed by atoms with E-state index in [-0.39, 0.29) is 11.8 Å². The predicted molar refractivity (Wildman–Crippen MR) is 109 cm³/mol. The van der Waals surface area contributed by atoms with Gasteiger partial charge in [-0.05, 0) is 50.9 Å². The smallest absolute Gasteiger partial charge is 0.223 e. The first-order chi connectivity index (χ1) is 13.3. The van der Waals surface area contributed by atoms with Crippen molar-refractivity contribution in [3.8, 4) is 0 Å². The Balaban J connectivity index is 1.22. The van der Waals surface area contributed by atoms with E-state index in [1.54, 1.807) is 0 Å². The van der Waals surface area contributed by atoms with Crippen molar-refractivity contribution in [2.75, 3.05) is 44.2 Å². The Morgan fingerprint density at radius 2 is 1.81 bits per heavy atom. The highest BCUT2D eigenvalue weighted by Crippen LogP contribution is 2.23. The Labute approximate surface area is 161 Å². The van der Waals surface area contributed by atoms with Crippen LogP contribution in [0.4, 0.5) is 5.95 Å². The molecule has 4 rings (SSSR count).